The molecule has 0 atom stereocenters. The van der Waals surface area contributed by atoms with E-state index in [2.05, 4.69) is 0 Å². The van der Waals surface area contributed by atoms with E-state index in [9.17, 15) is 9.59 Å². The number of fused-ring (bicyclic) bond motifs is 1. The molecule has 6 heteroatoms. The second-order valence-electron chi connectivity index (χ2n) is 4.94. The van der Waals surface area contributed by atoms with E-state index in [4.69, 9.17) is 9.47 Å². The Hall–Kier alpha value is -1.53. The molecule has 0 unspecified atom stereocenters. The fourth-order valence-corrected chi connectivity index (χ4v) is 3.22. The number of unbranched alkanes of at least 4 members (excludes halogenated alkanes) is 1. The van der Waals surface area contributed by atoms with E-state index >= 15 is 0 Å². The highest BCUT2D eigenvalue weighted by Gasteiger charge is 2.25. The van der Waals surface area contributed by atoms with E-state index in [1.807, 2.05) is 19.9 Å². The summed E-state index contributed by atoms with van der Waals surface area (Å²) in [5, 5.41) is 0. The molecule has 1 aromatic rings. The van der Waals surface area contributed by atoms with E-state index in [1.165, 1.54) is 11.8 Å². The summed E-state index contributed by atoms with van der Waals surface area (Å²) in [6.07, 6.45) is 1.77. The molecular weight excluding hydrogens is 326 g/mol. The maximum atomic E-state index is 12.2. The number of ether oxygens (including phenoxy) is 2. The molecule has 1 aliphatic heterocycles. The molecule has 1 aliphatic rings. The number of carbonyl (C=O) groups excluding carboxylic acids is 2. The van der Waals surface area contributed by atoms with E-state index < -0.39 is 0 Å². The number of hydrogen-bond acceptors (Lipinski definition) is 5. The van der Waals surface area contributed by atoms with Gasteiger partial charge in [-0.15, -0.1) is 11.8 Å². The molecule has 24 heavy (non-hydrogen) atoms. The van der Waals surface area contributed by atoms with Crippen molar-refractivity contribution in [1.29, 1.82) is 0 Å². The molecule has 0 spiro atoms. The van der Waals surface area contributed by atoms with Gasteiger partial charge in [-0.3, -0.25) is 4.79 Å². The molecule has 0 radical (unpaired) electrons. The number of benzene rings is 1. The minimum absolute atomic E-state index is 0.0796. The van der Waals surface area contributed by atoms with Crippen molar-refractivity contribution in [2.45, 2.75) is 38.5 Å². The minimum Gasteiger partial charge on any atom is -0.462 e. The number of carbonyl (C=O) groups is 2. The van der Waals surface area contributed by atoms with Crippen LogP contribution >= 0.6 is 11.8 Å². The van der Waals surface area contributed by atoms with Crippen LogP contribution in [0.15, 0.2) is 23.1 Å². The van der Waals surface area contributed by atoms with Crippen molar-refractivity contribution < 1.29 is 19.1 Å². The number of nitrogens with zero attached hydrogens (tertiary/aromatic N) is 1. The monoisotopic (exact) mass is 353 g/mol. The van der Waals surface area contributed by atoms with Crippen molar-refractivity contribution in [2.75, 3.05) is 37.5 Å². The highest BCUT2D eigenvalue weighted by atomic mass is 32.2. The standard InChI is InChI=1S/C16H21NO4S.C2H6/c1-3-21-16(19)12-6-7-14-13(10-12)17(15(18)11-22-14)8-4-5-9-20-2;1-2/h6-7,10H,3-5,8-9,11H2,1-2H3;1-2H3. The Morgan fingerprint density at radius 1 is 1.29 bits per heavy atom. The smallest absolute Gasteiger partial charge is 0.338 e. The van der Waals surface area contributed by atoms with Crippen LogP contribution < -0.4 is 4.90 Å². The molecule has 0 saturated carbocycles. The average molecular weight is 353 g/mol. The van der Waals surface area contributed by atoms with Crippen molar-refractivity contribution >= 4 is 29.3 Å². The van der Waals surface area contributed by atoms with Gasteiger partial charge in [0, 0.05) is 25.2 Å². The molecule has 1 amide bonds. The van der Waals surface area contributed by atoms with Crippen LogP contribution in [0.25, 0.3) is 0 Å². The summed E-state index contributed by atoms with van der Waals surface area (Å²) >= 11 is 1.51. The topological polar surface area (TPSA) is 55.8 Å². The van der Waals surface area contributed by atoms with Crippen molar-refractivity contribution in [3.63, 3.8) is 0 Å². The summed E-state index contributed by atoms with van der Waals surface area (Å²) in [7, 11) is 1.67. The zero-order valence-electron chi connectivity index (χ0n) is 15.0. The van der Waals surface area contributed by atoms with Gasteiger partial charge in [-0.2, -0.15) is 0 Å². The quantitative estimate of drug-likeness (QED) is 0.552. The Balaban J connectivity index is 0.00000139. The first kappa shape index (κ1) is 20.5. The summed E-state index contributed by atoms with van der Waals surface area (Å²) in [5.74, 6) is 0.166. The van der Waals surface area contributed by atoms with Gasteiger partial charge in [0.2, 0.25) is 5.91 Å². The molecule has 134 valence electrons. The van der Waals surface area contributed by atoms with Crippen molar-refractivity contribution in [3.8, 4) is 0 Å². The highest BCUT2D eigenvalue weighted by Crippen LogP contribution is 2.36. The SMILES string of the molecule is CC.CCOC(=O)c1ccc2c(c1)N(CCCCOC)C(=O)CS2. The maximum absolute atomic E-state index is 12.2. The summed E-state index contributed by atoms with van der Waals surface area (Å²) in [6, 6.07) is 5.40. The molecule has 0 saturated heterocycles. The van der Waals surface area contributed by atoms with Gasteiger partial charge < -0.3 is 14.4 Å². The first-order chi connectivity index (χ1) is 11.7. The number of thioether (sulfide) groups is 1. The lowest BCUT2D eigenvalue weighted by atomic mass is 10.1. The Labute approximate surface area is 148 Å². The van der Waals surface area contributed by atoms with E-state index in [1.54, 1.807) is 31.1 Å². The van der Waals surface area contributed by atoms with Gasteiger partial charge >= 0.3 is 5.97 Å². The van der Waals surface area contributed by atoms with Crippen molar-refractivity contribution in [2.24, 2.45) is 0 Å². The molecule has 0 bridgehead atoms. The van der Waals surface area contributed by atoms with Crippen LogP contribution in [-0.4, -0.2) is 44.5 Å². The number of amides is 1. The molecule has 0 fully saturated rings. The third-order valence-corrected chi connectivity index (χ3v) is 4.44. The number of esters is 1. The van der Waals surface area contributed by atoms with Gasteiger partial charge in [-0.05, 0) is 38.0 Å². The lowest BCUT2D eigenvalue weighted by Gasteiger charge is -2.29. The maximum Gasteiger partial charge on any atom is 0.338 e. The van der Waals surface area contributed by atoms with Crippen LogP contribution in [-0.2, 0) is 14.3 Å². The molecule has 0 aliphatic carbocycles. The van der Waals surface area contributed by atoms with Gasteiger partial charge in [0.1, 0.15) is 0 Å². The molecule has 5 nitrogen and oxygen atoms in total. The number of anilines is 1. The Morgan fingerprint density at radius 2 is 2.04 bits per heavy atom. The fraction of sp³-hybridized carbons (Fsp3) is 0.556. The zero-order chi connectivity index (χ0) is 17.9. The normalized spacial score (nSPS) is 13.0. The largest absolute Gasteiger partial charge is 0.462 e. The van der Waals surface area contributed by atoms with Gasteiger partial charge in [-0.25, -0.2) is 4.79 Å². The predicted molar refractivity (Wildman–Crippen MR) is 97.9 cm³/mol. The summed E-state index contributed by atoms with van der Waals surface area (Å²) in [5.41, 5.74) is 1.29. The lowest BCUT2D eigenvalue weighted by Crippen LogP contribution is -2.36. The van der Waals surface area contributed by atoms with Crippen LogP contribution in [0.2, 0.25) is 0 Å². The minimum atomic E-state index is -0.354. The molecule has 1 heterocycles. The number of hydrogen-bond donors (Lipinski definition) is 0. The highest BCUT2D eigenvalue weighted by molar-refractivity contribution is 8.00. The van der Waals surface area contributed by atoms with E-state index in [0.29, 0.717) is 31.1 Å². The average Bonchev–Trinajstić information content (AvgIpc) is 2.61. The molecule has 2 rings (SSSR count). The van der Waals surface area contributed by atoms with Crippen LogP contribution in [0.4, 0.5) is 5.69 Å². The summed E-state index contributed by atoms with van der Waals surface area (Å²) in [4.78, 5) is 26.8. The van der Waals surface area contributed by atoms with Crippen LogP contribution in [0, 0.1) is 0 Å². The van der Waals surface area contributed by atoms with Crippen LogP contribution in [0.1, 0.15) is 44.0 Å². The Kier molecular flexibility index (Phi) is 9.49. The Morgan fingerprint density at radius 3 is 2.71 bits per heavy atom. The second-order valence-corrected chi connectivity index (χ2v) is 5.95. The van der Waals surface area contributed by atoms with E-state index in [0.717, 1.165) is 23.4 Å². The van der Waals surface area contributed by atoms with Crippen molar-refractivity contribution in [3.05, 3.63) is 23.8 Å². The summed E-state index contributed by atoms with van der Waals surface area (Å²) in [6.45, 7) is 7.44. The third-order valence-electron chi connectivity index (χ3n) is 3.39. The molecule has 1 aromatic carbocycles. The van der Waals surface area contributed by atoms with Crippen molar-refractivity contribution in [1.82, 2.24) is 0 Å². The van der Waals surface area contributed by atoms with Gasteiger partial charge in [0.05, 0.1) is 23.6 Å². The molecule has 0 aromatic heterocycles. The number of methoxy groups -OCH3 is 1. The zero-order valence-corrected chi connectivity index (χ0v) is 15.8. The molecule has 0 N–H and O–H groups in total. The van der Waals surface area contributed by atoms with Crippen LogP contribution in [0.5, 0.6) is 0 Å². The first-order valence-corrected chi connectivity index (χ1v) is 9.39. The van der Waals surface area contributed by atoms with E-state index in [-0.39, 0.29) is 11.9 Å². The summed E-state index contributed by atoms with van der Waals surface area (Å²) < 4.78 is 10.1. The fourth-order valence-electron chi connectivity index (χ4n) is 2.30. The number of rotatable bonds is 7. The third kappa shape index (κ3) is 5.53. The van der Waals surface area contributed by atoms with Gasteiger partial charge in [0.25, 0.3) is 0 Å². The predicted octanol–water partition coefficient (Wildman–Crippen LogP) is 3.75. The molecular formula is C18H27NO4S. The Bertz CT molecular complexity index is 548. The van der Waals surface area contributed by atoms with Gasteiger partial charge in [-0.1, -0.05) is 13.8 Å². The lowest BCUT2D eigenvalue weighted by molar-refractivity contribution is -0.116. The van der Waals surface area contributed by atoms with Gasteiger partial charge in [0.15, 0.2) is 0 Å². The van der Waals surface area contributed by atoms with Crippen LogP contribution in [0.3, 0.4) is 0 Å². The first-order valence-electron chi connectivity index (χ1n) is 8.40. The second kappa shape index (κ2) is 11.1.